The van der Waals surface area contributed by atoms with Crippen LogP contribution >= 0.6 is 0 Å². The molecule has 1 aliphatic heterocycles. The lowest BCUT2D eigenvalue weighted by Gasteiger charge is -2.29. The summed E-state index contributed by atoms with van der Waals surface area (Å²) in [5, 5.41) is 4.10. The number of nitrogens with zero attached hydrogens (tertiary/aromatic N) is 3. The van der Waals surface area contributed by atoms with Crippen LogP contribution in [0.4, 0.5) is 0 Å². The number of rotatable bonds is 6. The van der Waals surface area contributed by atoms with Gasteiger partial charge in [0.05, 0.1) is 19.4 Å². The molecule has 138 valence electrons. The Bertz CT molecular complexity index is 811. The number of aromatic nitrogens is 2. The maximum atomic E-state index is 12.5. The average Bonchev–Trinajstić information content (AvgIpc) is 3.05. The average molecular weight is 355 g/mol. The lowest BCUT2D eigenvalue weighted by molar-refractivity contribution is -0.126. The molecule has 0 unspecified atom stereocenters. The van der Waals surface area contributed by atoms with Crippen LogP contribution in [-0.4, -0.2) is 40.3 Å². The van der Waals surface area contributed by atoms with E-state index in [0.717, 1.165) is 29.0 Å². The first-order valence-corrected chi connectivity index (χ1v) is 8.97. The van der Waals surface area contributed by atoms with E-state index < -0.39 is 0 Å². The second-order valence-corrected chi connectivity index (χ2v) is 6.22. The molecule has 0 spiro atoms. The molecule has 1 aromatic carbocycles. The van der Waals surface area contributed by atoms with Gasteiger partial charge in [-0.05, 0) is 49.6 Å². The summed E-state index contributed by atoms with van der Waals surface area (Å²) in [6.45, 7) is 6.37. The number of ether oxygens (including phenoxy) is 2. The van der Waals surface area contributed by atoms with E-state index in [-0.39, 0.29) is 5.91 Å². The molecule has 1 aromatic heterocycles. The highest BCUT2D eigenvalue weighted by molar-refractivity contribution is 5.91. The summed E-state index contributed by atoms with van der Waals surface area (Å²) in [6, 6.07) is 4.06. The maximum absolute atomic E-state index is 12.5. The Morgan fingerprint density at radius 1 is 1.19 bits per heavy atom. The second-order valence-electron chi connectivity index (χ2n) is 6.22. The molecule has 0 radical (unpaired) electrons. The summed E-state index contributed by atoms with van der Waals surface area (Å²) in [5.41, 5.74) is 3.25. The van der Waals surface area contributed by atoms with Gasteiger partial charge in [0.1, 0.15) is 0 Å². The van der Waals surface area contributed by atoms with Crippen molar-refractivity contribution in [1.29, 1.82) is 0 Å². The summed E-state index contributed by atoms with van der Waals surface area (Å²) in [6.07, 6.45) is 7.83. The van der Waals surface area contributed by atoms with Crippen molar-refractivity contribution in [2.45, 2.75) is 26.8 Å². The van der Waals surface area contributed by atoms with E-state index in [2.05, 4.69) is 11.2 Å². The topological polar surface area (TPSA) is 56.6 Å². The highest BCUT2D eigenvalue weighted by atomic mass is 16.5. The summed E-state index contributed by atoms with van der Waals surface area (Å²) < 4.78 is 13.1. The molecule has 0 atom stereocenters. The van der Waals surface area contributed by atoms with Gasteiger partial charge in [0.2, 0.25) is 5.91 Å². The lowest BCUT2D eigenvalue weighted by atomic mass is 9.98. The van der Waals surface area contributed by atoms with E-state index in [1.807, 2.05) is 38.1 Å². The fourth-order valence-electron chi connectivity index (χ4n) is 3.09. The summed E-state index contributed by atoms with van der Waals surface area (Å²) in [4.78, 5) is 14.4. The predicted molar refractivity (Wildman–Crippen MR) is 100 cm³/mol. The Labute approximate surface area is 154 Å². The molecule has 26 heavy (non-hydrogen) atoms. The van der Waals surface area contributed by atoms with Crippen LogP contribution in [0.2, 0.25) is 0 Å². The van der Waals surface area contributed by atoms with Crippen molar-refractivity contribution in [3.8, 4) is 11.5 Å². The van der Waals surface area contributed by atoms with Crippen LogP contribution in [0.5, 0.6) is 11.5 Å². The molecule has 3 rings (SSSR count). The zero-order valence-electron chi connectivity index (χ0n) is 15.6. The molecule has 1 aliphatic rings. The summed E-state index contributed by atoms with van der Waals surface area (Å²) in [5.74, 6) is 1.53. The fourth-order valence-corrected chi connectivity index (χ4v) is 3.09. The van der Waals surface area contributed by atoms with Gasteiger partial charge in [-0.3, -0.25) is 9.48 Å². The first-order chi connectivity index (χ1) is 12.6. The maximum Gasteiger partial charge on any atom is 0.246 e. The molecule has 1 amide bonds. The lowest BCUT2D eigenvalue weighted by Crippen LogP contribution is -2.34. The molecule has 6 nitrogen and oxygen atoms in total. The number of hydrogen-bond donors (Lipinski definition) is 0. The molecule has 0 aliphatic carbocycles. The van der Waals surface area contributed by atoms with Gasteiger partial charge >= 0.3 is 0 Å². The van der Waals surface area contributed by atoms with Crippen molar-refractivity contribution < 1.29 is 14.3 Å². The first kappa shape index (κ1) is 18.0. The quantitative estimate of drug-likeness (QED) is 0.748. The molecule has 6 heteroatoms. The van der Waals surface area contributed by atoms with Gasteiger partial charge < -0.3 is 14.4 Å². The van der Waals surface area contributed by atoms with Crippen molar-refractivity contribution in [1.82, 2.24) is 14.7 Å². The number of aryl methyl sites for hydroxylation is 1. The smallest absolute Gasteiger partial charge is 0.246 e. The van der Waals surface area contributed by atoms with E-state index in [4.69, 9.17) is 9.47 Å². The summed E-state index contributed by atoms with van der Waals surface area (Å²) >= 11 is 0. The van der Waals surface area contributed by atoms with Crippen molar-refractivity contribution in [2.24, 2.45) is 7.05 Å². The molecular weight excluding hydrogens is 330 g/mol. The van der Waals surface area contributed by atoms with Crippen molar-refractivity contribution >= 4 is 12.0 Å². The highest BCUT2D eigenvalue weighted by Crippen LogP contribution is 2.34. The van der Waals surface area contributed by atoms with E-state index in [1.54, 1.807) is 23.0 Å². The molecule has 2 heterocycles. The van der Waals surface area contributed by atoms with Crippen LogP contribution in [0, 0.1) is 0 Å². The Hall–Kier alpha value is -2.76. The number of benzene rings is 1. The number of amides is 1. The van der Waals surface area contributed by atoms with E-state index in [9.17, 15) is 4.79 Å². The highest BCUT2D eigenvalue weighted by Gasteiger charge is 2.22. The van der Waals surface area contributed by atoms with E-state index in [1.165, 1.54) is 5.56 Å². The number of carbonyl (C=O) groups excluding carboxylic acids is 1. The van der Waals surface area contributed by atoms with Gasteiger partial charge in [-0.1, -0.05) is 0 Å². The van der Waals surface area contributed by atoms with Gasteiger partial charge in [0.25, 0.3) is 0 Å². The van der Waals surface area contributed by atoms with Gasteiger partial charge in [0.15, 0.2) is 11.5 Å². The van der Waals surface area contributed by atoms with E-state index >= 15 is 0 Å². The van der Waals surface area contributed by atoms with Crippen molar-refractivity contribution in [3.05, 3.63) is 47.3 Å². The number of fused-ring (bicyclic) bond motifs is 1. The zero-order valence-corrected chi connectivity index (χ0v) is 15.6. The molecule has 0 N–H and O–H groups in total. The minimum Gasteiger partial charge on any atom is -0.490 e. The molecule has 0 fully saturated rings. The largest absolute Gasteiger partial charge is 0.490 e. The van der Waals surface area contributed by atoms with Crippen molar-refractivity contribution in [3.63, 3.8) is 0 Å². The predicted octanol–water partition coefficient (Wildman–Crippen LogP) is 2.82. The van der Waals surface area contributed by atoms with Gasteiger partial charge in [0, 0.05) is 38.0 Å². The minimum atomic E-state index is 0.00588. The van der Waals surface area contributed by atoms with Crippen LogP contribution in [0.25, 0.3) is 6.08 Å². The second kappa shape index (κ2) is 8.08. The fraction of sp³-hybridized carbons (Fsp3) is 0.400. The molecule has 0 bridgehead atoms. The minimum absolute atomic E-state index is 0.00588. The van der Waals surface area contributed by atoms with Crippen LogP contribution in [0.3, 0.4) is 0 Å². The number of hydrogen-bond acceptors (Lipinski definition) is 4. The Morgan fingerprint density at radius 3 is 2.50 bits per heavy atom. The summed E-state index contributed by atoms with van der Waals surface area (Å²) in [7, 11) is 1.85. The molecular formula is C20H25N3O3. The SMILES string of the molecule is CCOc1cc2c(cc1OCC)CN(C(=O)/C=C/c1cnn(C)c1)CC2. The molecule has 0 saturated heterocycles. The zero-order chi connectivity index (χ0) is 18.5. The Balaban J connectivity index is 1.74. The van der Waals surface area contributed by atoms with Crippen LogP contribution in [0.15, 0.2) is 30.6 Å². The monoisotopic (exact) mass is 355 g/mol. The Kier molecular flexibility index (Phi) is 5.61. The molecule has 0 saturated carbocycles. The normalized spacial score (nSPS) is 13.7. The first-order valence-electron chi connectivity index (χ1n) is 8.97. The standard InChI is InChI=1S/C20H25N3O3/c1-4-25-18-10-16-8-9-23(14-17(16)11-19(18)26-5-2)20(24)7-6-15-12-21-22(3)13-15/h6-7,10-13H,4-5,8-9,14H2,1-3H3/b7-6+. The van der Waals surface area contributed by atoms with Gasteiger partial charge in [-0.2, -0.15) is 5.10 Å². The van der Waals surface area contributed by atoms with E-state index in [0.29, 0.717) is 26.3 Å². The third-order valence-corrected chi connectivity index (χ3v) is 4.33. The third-order valence-electron chi connectivity index (χ3n) is 4.33. The van der Waals surface area contributed by atoms with Crippen LogP contribution in [-0.2, 0) is 24.8 Å². The van der Waals surface area contributed by atoms with Crippen LogP contribution in [0.1, 0.15) is 30.5 Å². The molecule has 2 aromatic rings. The number of carbonyl (C=O) groups is 1. The van der Waals surface area contributed by atoms with Gasteiger partial charge in [-0.15, -0.1) is 0 Å². The third kappa shape index (κ3) is 4.07. The van der Waals surface area contributed by atoms with Gasteiger partial charge in [-0.25, -0.2) is 0 Å². The van der Waals surface area contributed by atoms with Crippen LogP contribution < -0.4 is 9.47 Å². The Morgan fingerprint density at radius 2 is 1.88 bits per heavy atom. The van der Waals surface area contributed by atoms with Crippen molar-refractivity contribution in [2.75, 3.05) is 19.8 Å².